The molecule has 0 heterocycles. The van der Waals surface area contributed by atoms with E-state index in [0.717, 1.165) is 9.79 Å². The summed E-state index contributed by atoms with van der Waals surface area (Å²) in [5, 5.41) is 18.5. The fourth-order valence-corrected chi connectivity index (χ4v) is 2.61. The number of aliphatic hydroxyl groups is 2. The van der Waals surface area contributed by atoms with Crippen molar-refractivity contribution in [3.05, 3.63) is 10.5 Å². The molecule has 0 aromatic heterocycles. The molecule has 0 rings (SSSR count). The van der Waals surface area contributed by atoms with E-state index < -0.39 is 0 Å². The third kappa shape index (κ3) is 8.08. The first-order valence-electron chi connectivity index (χ1n) is 4.37. The Kier molecular flexibility index (Phi) is 9.63. The molecule has 0 unspecified atom stereocenters. The van der Waals surface area contributed by atoms with E-state index in [1.54, 1.807) is 6.08 Å². The van der Waals surface area contributed by atoms with Crippen molar-refractivity contribution in [2.45, 2.75) is 25.1 Å². The van der Waals surface area contributed by atoms with E-state index in [1.165, 1.54) is 12.8 Å². The second-order valence-corrected chi connectivity index (χ2v) is 5.01. The number of hydrogen-bond acceptors (Lipinski definition) is 2. The van der Waals surface area contributed by atoms with E-state index in [-0.39, 0.29) is 13.2 Å². The van der Waals surface area contributed by atoms with Crippen LogP contribution in [-0.2, 0) is 0 Å². The summed E-state index contributed by atoms with van der Waals surface area (Å²) < 4.78 is 1.02. The zero-order valence-electron chi connectivity index (χ0n) is 7.92. The Morgan fingerprint density at radius 2 is 2.23 bits per heavy atom. The van der Waals surface area contributed by atoms with Crippen LogP contribution >= 0.6 is 0 Å². The molecule has 0 aromatic rings. The van der Waals surface area contributed by atoms with Gasteiger partial charge in [0.1, 0.15) is 0 Å². The van der Waals surface area contributed by atoms with Crippen LogP contribution in [0.3, 0.4) is 0 Å². The Labute approximate surface area is 86.2 Å². The van der Waals surface area contributed by atoms with Gasteiger partial charge < -0.3 is 0 Å². The SMILES string of the molecule is CCCC[Se]/C(=C\C#CCO)CO. The van der Waals surface area contributed by atoms with Crippen LogP contribution in [0.15, 0.2) is 10.5 Å². The van der Waals surface area contributed by atoms with E-state index in [1.807, 2.05) is 0 Å². The number of hydrogen-bond donors (Lipinski definition) is 2. The Hall–Kier alpha value is -0.261. The molecule has 0 bridgehead atoms. The van der Waals surface area contributed by atoms with Crippen LogP contribution in [0.2, 0.25) is 5.32 Å². The molecule has 0 aliphatic carbocycles. The topological polar surface area (TPSA) is 40.5 Å². The first kappa shape index (κ1) is 12.7. The summed E-state index contributed by atoms with van der Waals surface area (Å²) in [6, 6.07) is 0. The van der Waals surface area contributed by atoms with Gasteiger partial charge in [0.25, 0.3) is 0 Å². The predicted molar refractivity (Wildman–Crippen MR) is 55.5 cm³/mol. The minimum absolute atomic E-state index is 0.101. The minimum atomic E-state index is -0.114. The van der Waals surface area contributed by atoms with Crippen molar-refractivity contribution in [1.82, 2.24) is 0 Å². The summed E-state index contributed by atoms with van der Waals surface area (Å²) in [6.07, 6.45) is 4.14. The Bertz CT molecular complexity index is 201. The zero-order valence-corrected chi connectivity index (χ0v) is 9.63. The molecule has 0 aromatic carbocycles. The van der Waals surface area contributed by atoms with Crippen LogP contribution in [0.1, 0.15) is 19.8 Å². The number of aliphatic hydroxyl groups excluding tert-OH is 2. The van der Waals surface area contributed by atoms with Crippen molar-refractivity contribution < 1.29 is 10.2 Å². The molecule has 0 spiro atoms. The second-order valence-electron chi connectivity index (χ2n) is 2.45. The van der Waals surface area contributed by atoms with Gasteiger partial charge in [-0.1, -0.05) is 0 Å². The van der Waals surface area contributed by atoms with Gasteiger partial charge in [-0.25, -0.2) is 0 Å². The second kappa shape index (κ2) is 9.82. The van der Waals surface area contributed by atoms with Crippen molar-refractivity contribution in [2.75, 3.05) is 13.2 Å². The van der Waals surface area contributed by atoms with Crippen LogP contribution in [-0.4, -0.2) is 38.4 Å². The standard InChI is InChI=1S/C10H16O2Se/c1-2-3-8-13-10(9-12)6-4-5-7-11/h6,11-12H,2-3,7-9H2,1H3/b10-6-. The summed E-state index contributed by atoms with van der Waals surface area (Å²) in [6.45, 7) is 2.14. The first-order chi connectivity index (χ1) is 6.35. The summed E-state index contributed by atoms with van der Waals surface area (Å²) >= 11 is 0.370. The molecular formula is C10H16O2Se. The molecule has 0 aliphatic rings. The van der Waals surface area contributed by atoms with Crippen LogP contribution in [0, 0.1) is 11.8 Å². The van der Waals surface area contributed by atoms with E-state index in [4.69, 9.17) is 10.2 Å². The van der Waals surface area contributed by atoms with Gasteiger partial charge in [0.2, 0.25) is 0 Å². The quantitative estimate of drug-likeness (QED) is 0.428. The monoisotopic (exact) mass is 248 g/mol. The molecule has 0 saturated heterocycles. The third-order valence-electron chi connectivity index (χ3n) is 1.36. The predicted octanol–water partition coefficient (Wildman–Crippen LogP) is 0.781. The van der Waals surface area contributed by atoms with Crippen LogP contribution in [0.5, 0.6) is 0 Å². The third-order valence-corrected chi connectivity index (χ3v) is 3.69. The molecule has 0 saturated carbocycles. The van der Waals surface area contributed by atoms with E-state index in [0.29, 0.717) is 15.0 Å². The molecule has 3 heteroatoms. The van der Waals surface area contributed by atoms with Crippen molar-refractivity contribution in [1.29, 1.82) is 0 Å². The molecular weight excluding hydrogens is 231 g/mol. The van der Waals surface area contributed by atoms with Gasteiger partial charge in [0.05, 0.1) is 0 Å². The Morgan fingerprint density at radius 3 is 2.77 bits per heavy atom. The molecule has 0 aliphatic heterocycles. The molecule has 2 N–H and O–H groups in total. The van der Waals surface area contributed by atoms with Gasteiger partial charge in [-0.3, -0.25) is 0 Å². The normalized spacial score (nSPS) is 10.8. The van der Waals surface area contributed by atoms with Crippen LogP contribution in [0.25, 0.3) is 0 Å². The van der Waals surface area contributed by atoms with Gasteiger partial charge in [-0.15, -0.1) is 0 Å². The van der Waals surface area contributed by atoms with Gasteiger partial charge >= 0.3 is 85.9 Å². The van der Waals surface area contributed by atoms with Gasteiger partial charge in [0.15, 0.2) is 0 Å². The molecule has 13 heavy (non-hydrogen) atoms. The summed E-state index contributed by atoms with van der Waals surface area (Å²) in [5.41, 5.74) is 0. The van der Waals surface area contributed by atoms with E-state index in [2.05, 4.69) is 18.8 Å². The van der Waals surface area contributed by atoms with Gasteiger partial charge in [-0.2, -0.15) is 0 Å². The summed E-state index contributed by atoms with van der Waals surface area (Å²) in [5.74, 6) is 5.24. The van der Waals surface area contributed by atoms with Gasteiger partial charge in [0, 0.05) is 0 Å². The van der Waals surface area contributed by atoms with E-state index in [9.17, 15) is 0 Å². The fourth-order valence-electron chi connectivity index (χ4n) is 0.658. The average molecular weight is 247 g/mol. The van der Waals surface area contributed by atoms with Crippen LogP contribution < -0.4 is 0 Å². The number of rotatable bonds is 5. The fraction of sp³-hybridized carbons (Fsp3) is 0.600. The maximum atomic E-state index is 8.94. The summed E-state index contributed by atoms with van der Waals surface area (Å²) in [4.78, 5) is 0. The Balaban J connectivity index is 3.80. The summed E-state index contributed by atoms with van der Waals surface area (Å²) in [7, 11) is 0. The van der Waals surface area contributed by atoms with Crippen molar-refractivity contribution >= 4 is 15.0 Å². The average Bonchev–Trinajstić information content (AvgIpc) is 2.16. The zero-order chi connectivity index (χ0) is 9.94. The number of allylic oxidation sites excluding steroid dienone is 1. The van der Waals surface area contributed by atoms with Crippen molar-refractivity contribution in [3.63, 3.8) is 0 Å². The maximum absolute atomic E-state index is 8.94. The van der Waals surface area contributed by atoms with Crippen LogP contribution in [0.4, 0.5) is 0 Å². The van der Waals surface area contributed by atoms with Gasteiger partial charge in [-0.05, 0) is 0 Å². The molecule has 74 valence electrons. The Morgan fingerprint density at radius 1 is 1.46 bits per heavy atom. The molecule has 0 atom stereocenters. The molecule has 2 nitrogen and oxygen atoms in total. The molecule has 0 radical (unpaired) electrons. The molecule has 0 fully saturated rings. The van der Waals surface area contributed by atoms with E-state index >= 15 is 0 Å². The molecule has 0 amide bonds. The number of unbranched alkanes of at least 4 members (excludes halogenated alkanes) is 1. The van der Waals surface area contributed by atoms with Crippen molar-refractivity contribution in [2.24, 2.45) is 0 Å². The van der Waals surface area contributed by atoms with Crippen molar-refractivity contribution in [3.8, 4) is 11.8 Å². The first-order valence-corrected chi connectivity index (χ1v) is 6.43.